The lowest BCUT2D eigenvalue weighted by Gasteiger charge is -2.21. The van der Waals surface area contributed by atoms with Gasteiger partial charge in [-0.3, -0.25) is 0 Å². The van der Waals surface area contributed by atoms with Gasteiger partial charge in [0, 0.05) is 12.2 Å². The number of benzene rings is 3. The Morgan fingerprint density at radius 3 is 2.32 bits per heavy atom. The molecule has 1 N–H and O–H groups in total. The van der Waals surface area contributed by atoms with Crippen molar-refractivity contribution in [2.75, 3.05) is 13.2 Å². The van der Waals surface area contributed by atoms with Crippen molar-refractivity contribution in [3.63, 3.8) is 0 Å². The number of allylic oxidation sites excluding steroid dienone is 2. The summed E-state index contributed by atoms with van der Waals surface area (Å²) in [6.07, 6.45) is 4.98. The van der Waals surface area contributed by atoms with Crippen molar-refractivity contribution < 1.29 is 23.0 Å². The van der Waals surface area contributed by atoms with Crippen LogP contribution in [0.3, 0.4) is 0 Å². The van der Waals surface area contributed by atoms with Crippen LogP contribution in [-0.4, -0.2) is 18.3 Å². The number of aliphatic hydroxyl groups excluding tert-OH is 1. The molecule has 0 aromatic heterocycles. The number of rotatable bonds is 8. The van der Waals surface area contributed by atoms with Crippen LogP contribution < -0.4 is 4.74 Å². The molecule has 5 heteroatoms. The van der Waals surface area contributed by atoms with Crippen molar-refractivity contribution in [1.29, 1.82) is 0 Å². The highest BCUT2D eigenvalue weighted by Gasteiger charge is 2.20. The van der Waals surface area contributed by atoms with Crippen LogP contribution in [0.1, 0.15) is 42.9 Å². The van der Waals surface area contributed by atoms with Gasteiger partial charge in [0.25, 0.3) is 0 Å². The van der Waals surface area contributed by atoms with Gasteiger partial charge >= 0.3 is 0 Å². The van der Waals surface area contributed by atoms with Gasteiger partial charge in [-0.15, -0.1) is 0 Å². The highest BCUT2D eigenvalue weighted by Crippen LogP contribution is 2.33. The average molecular weight is 467 g/mol. The Balaban J connectivity index is 1.42. The van der Waals surface area contributed by atoms with Crippen molar-refractivity contribution >= 4 is 5.57 Å². The summed E-state index contributed by atoms with van der Waals surface area (Å²) in [7, 11) is 0. The zero-order valence-electron chi connectivity index (χ0n) is 19.3. The monoisotopic (exact) mass is 466 g/mol. The van der Waals surface area contributed by atoms with Crippen LogP contribution in [0.2, 0.25) is 0 Å². The maximum absolute atomic E-state index is 14.8. The minimum atomic E-state index is -0.793. The lowest BCUT2D eigenvalue weighted by molar-refractivity contribution is 0.218. The predicted octanol–water partition coefficient (Wildman–Crippen LogP) is 7.13. The highest BCUT2D eigenvalue weighted by atomic mass is 19.2. The average Bonchev–Trinajstić information content (AvgIpc) is 2.87. The van der Waals surface area contributed by atoms with Gasteiger partial charge < -0.3 is 9.84 Å². The van der Waals surface area contributed by atoms with E-state index >= 15 is 0 Å². The van der Waals surface area contributed by atoms with E-state index in [0.717, 1.165) is 28.7 Å². The summed E-state index contributed by atoms with van der Waals surface area (Å²) < 4.78 is 49.0. The molecule has 4 rings (SSSR count). The van der Waals surface area contributed by atoms with E-state index < -0.39 is 17.5 Å². The third kappa shape index (κ3) is 5.36. The molecule has 34 heavy (non-hydrogen) atoms. The normalized spacial score (nSPS) is 15.8. The topological polar surface area (TPSA) is 29.5 Å². The minimum Gasteiger partial charge on any atom is -0.491 e. The summed E-state index contributed by atoms with van der Waals surface area (Å²) in [4.78, 5) is 0. The van der Waals surface area contributed by atoms with Crippen LogP contribution in [0.15, 0.2) is 60.7 Å². The minimum absolute atomic E-state index is 0.123. The molecular weight excluding hydrogens is 437 g/mol. The highest BCUT2D eigenvalue weighted by molar-refractivity contribution is 5.67. The van der Waals surface area contributed by atoms with E-state index in [0.29, 0.717) is 43.4 Å². The van der Waals surface area contributed by atoms with Gasteiger partial charge in [0.15, 0.2) is 23.2 Å². The van der Waals surface area contributed by atoms with E-state index in [9.17, 15) is 18.3 Å². The number of aryl methyl sites for hydroxylation is 2. The Labute approximate surface area is 198 Å². The van der Waals surface area contributed by atoms with Crippen LogP contribution >= 0.6 is 0 Å². The Hall–Kier alpha value is -3.05. The maximum atomic E-state index is 14.8. The number of hydrogen-bond donors (Lipinski definition) is 1. The summed E-state index contributed by atoms with van der Waals surface area (Å²) in [5.74, 6) is -1.54. The van der Waals surface area contributed by atoms with Gasteiger partial charge in [0.2, 0.25) is 0 Å². The molecule has 0 saturated heterocycles. The summed E-state index contributed by atoms with van der Waals surface area (Å²) in [5.41, 5.74) is 4.10. The van der Waals surface area contributed by atoms with Crippen molar-refractivity contribution in [2.24, 2.45) is 5.92 Å². The molecule has 2 nitrogen and oxygen atoms in total. The van der Waals surface area contributed by atoms with E-state index in [1.165, 1.54) is 6.07 Å². The first-order valence-electron chi connectivity index (χ1n) is 11.8. The van der Waals surface area contributed by atoms with Gasteiger partial charge in [-0.2, -0.15) is 0 Å². The van der Waals surface area contributed by atoms with E-state index in [1.54, 1.807) is 18.2 Å². The largest absolute Gasteiger partial charge is 0.491 e. The summed E-state index contributed by atoms with van der Waals surface area (Å²) in [6.45, 7) is 2.33. The van der Waals surface area contributed by atoms with Crippen LogP contribution in [-0.2, 0) is 12.8 Å². The predicted molar refractivity (Wildman–Crippen MR) is 129 cm³/mol. The first kappa shape index (κ1) is 24.1. The Morgan fingerprint density at radius 2 is 1.68 bits per heavy atom. The second kappa shape index (κ2) is 10.9. The molecule has 1 aliphatic rings. The molecule has 1 aliphatic carbocycles. The van der Waals surface area contributed by atoms with Gasteiger partial charge in [0.1, 0.15) is 0 Å². The van der Waals surface area contributed by atoms with E-state index in [-0.39, 0.29) is 18.3 Å². The van der Waals surface area contributed by atoms with Gasteiger partial charge in [-0.1, -0.05) is 48.5 Å². The van der Waals surface area contributed by atoms with Crippen molar-refractivity contribution in [2.45, 2.75) is 39.0 Å². The second-order valence-electron chi connectivity index (χ2n) is 8.73. The molecular formula is C29H29F3O2. The zero-order valence-corrected chi connectivity index (χ0v) is 19.3. The lowest BCUT2D eigenvalue weighted by atomic mass is 9.86. The van der Waals surface area contributed by atoms with E-state index in [2.05, 4.69) is 0 Å². The van der Waals surface area contributed by atoms with Crippen molar-refractivity contribution in [3.05, 3.63) is 94.8 Å². The van der Waals surface area contributed by atoms with Gasteiger partial charge in [-0.25, -0.2) is 13.2 Å². The van der Waals surface area contributed by atoms with Gasteiger partial charge in [-0.05, 0) is 84.9 Å². The van der Waals surface area contributed by atoms with Crippen molar-refractivity contribution in [3.8, 4) is 16.9 Å². The van der Waals surface area contributed by atoms with E-state index in [4.69, 9.17) is 4.74 Å². The molecule has 0 bridgehead atoms. The molecule has 0 aliphatic heterocycles. The standard InChI is InChI=1S/C29H29F3O2/c1-2-34-27-16-14-24(17-26(27)30)21-8-3-19(4-9-21)5-12-23-13-15-25(29(32)28(23)31)22-10-6-20(18-33)7-11-22/h3-4,8-10,13-17,20,33H,2,5-7,11-12,18H2,1H3. The fraction of sp³-hybridized carbons (Fsp3) is 0.310. The zero-order chi connectivity index (χ0) is 24.1. The third-order valence-corrected chi connectivity index (χ3v) is 6.49. The molecule has 0 spiro atoms. The second-order valence-corrected chi connectivity index (χ2v) is 8.73. The molecule has 0 radical (unpaired) electrons. The fourth-order valence-corrected chi connectivity index (χ4v) is 4.43. The number of ether oxygens (including phenoxy) is 1. The van der Waals surface area contributed by atoms with E-state index in [1.807, 2.05) is 43.3 Å². The molecule has 3 aromatic rings. The Bertz CT molecular complexity index is 1170. The lowest BCUT2D eigenvalue weighted by Crippen LogP contribution is -2.10. The van der Waals surface area contributed by atoms with Crippen LogP contribution in [0.4, 0.5) is 13.2 Å². The summed E-state index contributed by atoms with van der Waals surface area (Å²) in [6, 6.07) is 15.9. The summed E-state index contributed by atoms with van der Waals surface area (Å²) >= 11 is 0. The maximum Gasteiger partial charge on any atom is 0.166 e. The molecule has 1 atom stereocenters. The van der Waals surface area contributed by atoms with Crippen LogP contribution in [0, 0.1) is 23.4 Å². The molecule has 3 aromatic carbocycles. The number of aliphatic hydroxyl groups is 1. The fourth-order valence-electron chi connectivity index (χ4n) is 4.43. The van der Waals surface area contributed by atoms with Crippen LogP contribution in [0.5, 0.6) is 5.75 Å². The molecule has 0 fully saturated rings. The third-order valence-electron chi connectivity index (χ3n) is 6.49. The van der Waals surface area contributed by atoms with Crippen molar-refractivity contribution in [1.82, 2.24) is 0 Å². The smallest absolute Gasteiger partial charge is 0.166 e. The molecule has 0 heterocycles. The first-order valence-corrected chi connectivity index (χ1v) is 11.8. The number of halogens is 3. The SMILES string of the molecule is CCOc1ccc(-c2ccc(CCc3ccc(C4=CCC(CO)CC4)c(F)c3F)cc2)cc1F. The summed E-state index contributed by atoms with van der Waals surface area (Å²) in [5, 5.41) is 9.27. The Kier molecular flexibility index (Phi) is 7.73. The molecule has 178 valence electrons. The Morgan fingerprint density at radius 1 is 0.912 bits per heavy atom. The molecule has 0 amide bonds. The first-order chi connectivity index (χ1) is 16.5. The van der Waals surface area contributed by atoms with Crippen LogP contribution in [0.25, 0.3) is 16.7 Å². The molecule has 0 saturated carbocycles. The van der Waals surface area contributed by atoms with Gasteiger partial charge in [0.05, 0.1) is 6.61 Å². The molecule has 1 unspecified atom stereocenters. The number of hydrogen-bond acceptors (Lipinski definition) is 2. The quantitative estimate of drug-likeness (QED) is 0.383.